The lowest BCUT2D eigenvalue weighted by Gasteiger charge is -2.04. The van der Waals surface area contributed by atoms with Gasteiger partial charge in [-0.15, -0.1) is 0 Å². The third-order valence-electron chi connectivity index (χ3n) is 2.43. The van der Waals surface area contributed by atoms with E-state index < -0.39 is 0 Å². The minimum atomic E-state index is 0.0602. The Bertz CT molecular complexity index is 688. The summed E-state index contributed by atoms with van der Waals surface area (Å²) in [4.78, 5) is 0. The number of rotatable bonds is 2. The molecule has 2 rings (SSSR count). The molecule has 0 aliphatic carbocycles. The number of benzene rings is 2. The van der Waals surface area contributed by atoms with E-state index in [-0.39, 0.29) is 5.84 Å². The van der Waals surface area contributed by atoms with Crippen LogP contribution in [-0.2, 0) is 6.42 Å². The molecule has 0 aliphatic rings. The number of hydrogen-bond acceptors (Lipinski definition) is 4. The summed E-state index contributed by atoms with van der Waals surface area (Å²) in [6, 6.07) is 10.4. The van der Waals surface area contributed by atoms with Gasteiger partial charge in [-0.1, -0.05) is 58.5 Å². The molecule has 0 atom stereocenters. The van der Waals surface area contributed by atoms with Crippen LogP contribution >= 0.6 is 46.4 Å². The van der Waals surface area contributed by atoms with Gasteiger partial charge in [0.25, 0.3) is 0 Å². The van der Waals surface area contributed by atoms with Gasteiger partial charge < -0.3 is 17.2 Å². The SMILES string of the molecule is N#CN.N=C(N)Cc1c(Cl)cccc1Cl.Nc1c(Cl)cccc1Cl. The summed E-state index contributed by atoms with van der Waals surface area (Å²) in [7, 11) is 0. The van der Waals surface area contributed by atoms with E-state index in [0.717, 1.165) is 0 Å². The highest BCUT2D eigenvalue weighted by molar-refractivity contribution is 6.38. The number of nitrogens with one attached hydrogen (secondary N) is 1. The molecule has 0 fully saturated rings. The maximum Gasteiger partial charge on any atom is 0.173 e. The molecule has 2 aromatic rings. The average Bonchev–Trinajstić information content (AvgIpc) is 2.50. The van der Waals surface area contributed by atoms with Gasteiger partial charge in [-0.3, -0.25) is 5.41 Å². The Hall–Kier alpha value is -1.84. The fourth-order valence-electron chi connectivity index (χ4n) is 1.40. The lowest BCUT2D eigenvalue weighted by atomic mass is 10.1. The van der Waals surface area contributed by atoms with Gasteiger partial charge in [0.05, 0.1) is 21.6 Å². The molecular formula is C15H15Cl4N5. The summed E-state index contributed by atoms with van der Waals surface area (Å²) in [5.74, 6) is 0.0602. The highest BCUT2D eigenvalue weighted by Gasteiger charge is 2.05. The van der Waals surface area contributed by atoms with E-state index in [0.29, 0.717) is 37.8 Å². The first-order valence-electron chi connectivity index (χ1n) is 6.29. The lowest BCUT2D eigenvalue weighted by molar-refractivity contribution is 1.25. The van der Waals surface area contributed by atoms with Gasteiger partial charge in [0.1, 0.15) is 0 Å². The van der Waals surface area contributed by atoms with Crippen molar-refractivity contribution in [1.82, 2.24) is 0 Å². The molecule has 2 aromatic carbocycles. The number of nitrogens with zero attached hydrogens (tertiary/aromatic N) is 1. The van der Waals surface area contributed by atoms with Gasteiger partial charge in [-0.05, 0) is 29.8 Å². The standard InChI is InChI=1S/C8H8Cl2N2.C6H5Cl2N.CH2N2/c9-6-2-1-3-7(10)5(6)4-8(11)12;7-4-2-1-3-5(8)6(4)9;2-1-3/h1-3H,4H2,(H3,11,12);1-3H,9H2;2H2. The Labute approximate surface area is 160 Å². The zero-order valence-corrected chi connectivity index (χ0v) is 15.4. The first kappa shape index (κ1) is 22.2. The van der Waals surface area contributed by atoms with Gasteiger partial charge >= 0.3 is 0 Å². The van der Waals surface area contributed by atoms with Crippen LogP contribution in [0.3, 0.4) is 0 Å². The Kier molecular flexibility index (Phi) is 10.8. The zero-order valence-electron chi connectivity index (χ0n) is 12.4. The van der Waals surface area contributed by atoms with Crippen LogP contribution in [0, 0.1) is 16.9 Å². The van der Waals surface area contributed by atoms with Crippen LogP contribution in [0.15, 0.2) is 36.4 Å². The van der Waals surface area contributed by atoms with Gasteiger partial charge in [0, 0.05) is 16.5 Å². The zero-order chi connectivity index (χ0) is 18.7. The molecule has 0 heterocycles. The Balaban J connectivity index is 0.000000390. The summed E-state index contributed by atoms with van der Waals surface area (Å²) in [5.41, 5.74) is 16.0. The third kappa shape index (κ3) is 8.14. The molecule has 0 unspecified atom stereocenters. The second-order valence-electron chi connectivity index (χ2n) is 4.17. The van der Waals surface area contributed by atoms with Crippen molar-refractivity contribution in [2.45, 2.75) is 6.42 Å². The van der Waals surface area contributed by atoms with E-state index >= 15 is 0 Å². The van der Waals surface area contributed by atoms with Crippen LogP contribution in [0.5, 0.6) is 0 Å². The molecule has 9 heteroatoms. The highest BCUT2D eigenvalue weighted by atomic mass is 35.5. The van der Waals surface area contributed by atoms with Crippen molar-refractivity contribution in [2.75, 3.05) is 5.73 Å². The summed E-state index contributed by atoms with van der Waals surface area (Å²) >= 11 is 22.9. The third-order valence-corrected chi connectivity index (χ3v) is 3.80. The maximum atomic E-state index is 7.10. The van der Waals surface area contributed by atoms with Crippen LogP contribution in [0.2, 0.25) is 20.1 Å². The van der Waals surface area contributed by atoms with Crippen LogP contribution < -0.4 is 17.2 Å². The number of halogens is 4. The molecule has 0 aliphatic heterocycles. The normalized spacial score (nSPS) is 8.79. The van der Waals surface area contributed by atoms with E-state index in [9.17, 15) is 0 Å². The van der Waals surface area contributed by atoms with Crippen molar-refractivity contribution in [1.29, 1.82) is 10.7 Å². The largest absolute Gasteiger partial charge is 0.396 e. The fourth-order valence-corrected chi connectivity index (χ4v) is 2.33. The summed E-state index contributed by atoms with van der Waals surface area (Å²) in [6.45, 7) is 0. The number of nitrogens with two attached hydrogens (primary N) is 3. The molecule has 0 saturated carbocycles. The van der Waals surface area contributed by atoms with Crippen molar-refractivity contribution >= 4 is 57.9 Å². The predicted octanol–water partition coefficient (Wildman–Crippen LogP) is 4.47. The van der Waals surface area contributed by atoms with E-state index in [2.05, 4.69) is 5.73 Å². The first-order valence-corrected chi connectivity index (χ1v) is 7.80. The fraction of sp³-hybridized carbons (Fsp3) is 0.0667. The number of anilines is 1. The number of hydrogen-bond donors (Lipinski definition) is 4. The molecule has 0 radical (unpaired) electrons. The molecule has 7 N–H and O–H groups in total. The van der Waals surface area contributed by atoms with E-state index in [4.69, 9.17) is 68.5 Å². The monoisotopic (exact) mass is 405 g/mol. The Morgan fingerprint density at radius 3 is 1.58 bits per heavy atom. The number of para-hydroxylation sites is 1. The maximum absolute atomic E-state index is 7.10. The molecule has 0 amide bonds. The van der Waals surface area contributed by atoms with Crippen LogP contribution in [0.4, 0.5) is 5.69 Å². The van der Waals surface area contributed by atoms with Crippen molar-refractivity contribution in [2.24, 2.45) is 11.5 Å². The number of nitriles is 1. The predicted molar refractivity (Wildman–Crippen MR) is 103 cm³/mol. The van der Waals surface area contributed by atoms with E-state index in [1.165, 1.54) is 6.19 Å². The topological polar surface area (TPSA) is 126 Å². The molecule has 0 aromatic heterocycles. The molecular weight excluding hydrogens is 392 g/mol. The van der Waals surface area contributed by atoms with Gasteiger partial charge in [0.2, 0.25) is 0 Å². The van der Waals surface area contributed by atoms with Crippen molar-refractivity contribution < 1.29 is 0 Å². The summed E-state index contributed by atoms with van der Waals surface area (Å²) < 4.78 is 0. The van der Waals surface area contributed by atoms with Crippen LogP contribution in [-0.4, -0.2) is 5.84 Å². The molecule has 0 spiro atoms. The van der Waals surface area contributed by atoms with E-state index in [1.54, 1.807) is 36.4 Å². The second-order valence-corrected chi connectivity index (χ2v) is 5.80. The van der Waals surface area contributed by atoms with Gasteiger partial charge in [-0.2, -0.15) is 5.26 Å². The molecule has 24 heavy (non-hydrogen) atoms. The van der Waals surface area contributed by atoms with E-state index in [1.807, 2.05) is 0 Å². The second kappa shape index (κ2) is 11.7. The molecule has 0 bridgehead atoms. The number of amidine groups is 1. The van der Waals surface area contributed by atoms with Crippen molar-refractivity contribution in [3.63, 3.8) is 0 Å². The smallest absolute Gasteiger partial charge is 0.173 e. The Morgan fingerprint density at radius 1 is 0.958 bits per heavy atom. The first-order chi connectivity index (χ1) is 11.2. The molecule has 0 saturated heterocycles. The average molecular weight is 407 g/mol. The minimum Gasteiger partial charge on any atom is -0.396 e. The summed E-state index contributed by atoms with van der Waals surface area (Å²) in [6.07, 6.45) is 1.55. The molecule has 5 nitrogen and oxygen atoms in total. The Morgan fingerprint density at radius 2 is 1.29 bits per heavy atom. The summed E-state index contributed by atoms with van der Waals surface area (Å²) in [5, 5.41) is 16.3. The van der Waals surface area contributed by atoms with Crippen LogP contribution in [0.25, 0.3) is 0 Å². The molecule has 128 valence electrons. The minimum absolute atomic E-state index is 0.0602. The van der Waals surface area contributed by atoms with Crippen molar-refractivity contribution in [3.05, 3.63) is 62.1 Å². The number of nitrogen functional groups attached to an aromatic ring is 1. The van der Waals surface area contributed by atoms with Crippen LogP contribution in [0.1, 0.15) is 5.56 Å². The lowest BCUT2D eigenvalue weighted by Crippen LogP contribution is -2.13. The van der Waals surface area contributed by atoms with Gasteiger partial charge in [-0.25, -0.2) is 0 Å². The quantitative estimate of drug-likeness (QED) is 0.193. The van der Waals surface area contributed by atoms with Crippen molar-refractivity contribution in [3.8, 4) is 6.19 Å². The van der Waals surface area contributed by atoms with Gasteiger partial charge in [0.15, 0.2) is 6.19 Å². The highest BCUT2D eigenvalue weighted by Crippen LogP contribution is 2.26.